The summed E-state index contributed by atoms with van der Waals surface area (Å²) < 4.78 is 1.88. The van der Waals surface area contributed by atoms with Gasteiger partial charge >= 0.3 is 0 Å². The first-order chi connectivity index (χ1) is 8.18. The number of fused-ring (bicyclic) bond motifs is 1. The molecule has 0 saturated carbocycles. The third-order valence-corrected chi connectivity index (χ3v) is 2.83. The molecule has 1 aromatic heterocycles. The summed E-state index contributed by atoms with van der Waals surface area (Å²) in [5.41, 5.74) is 0.482. The molecule has 1 aromatic carbocycles. The molecule has 17 heavy (non-hydrogen) atoms. The molecule has 88 valence electrons. The largest absolute Gasteiger partial charge is 0.298 e. The van der Waals surface area contributed by atoms with E-state index in [1.54, 1.807) is 0 Å². The molecule has 0 aliphatic carbocycles. The van der Waals surface area contributed by atoms with Gasteiger partial charge in [0.15, 0.2) is 0 Å². The lowest BCUT2D eigenvalue weighted by Crippen LogP contribution is -2.44. The predicted molar refractivity (Wildman–Crippen MR) is 67.4 cm³/mol. The molecule has 0 spiro atoms. The average molecular weight is 228 g/mol. The van der Waals surface area contributed by atoms with Gasteiger partial charge in [-0.1, -0.05) is 25.1 Å². The number of hydrogen-bond acceptors (Lipinski definition) is 3. The van der Waals surface area contributed by atoms with E-state index in [1.165, 1.54) is 0 Å². The Hall–Kier alpha value is -1.86. The van der Waals surface area contributed by atoms with E-state index in [0.717, 1.165) is 17.4 Å². The van der Waals surface area contributed by atoms with Gasteiger partial charge in [0.05, 0.1) is 24.3 Å². The van der Waals surface area contributed by atoms with Crippen molar-refractivity contribution in [3.8, 4) is 6.07 Å². The van der Waals surface area contributed by atoms with Crippen molar-refractivity contribution in [1.82, 2.24) is 15.1 Å². The minimum absolute atomic E-state index is 0.546. The minimum atomic E-state index is -0.580. The molecule has 0 aliphatic rings. The summed E-state index contributed by atoms with van der Waals surface area (Å²) in [6.45, 7) is 5.21. The number of nitriles is 1. The van der Waals surface area contributed by atoms with Crippen LogP contribution in [0.1, 0.15) is 13.8 Å². The van der Waals surface area contributed by atoms with Crippen LogP contribution in [0.25, 0.3) is 10.9 Å². The fourth-order valence-electron chi connectivity index (χ4n) is 1.97. The average Bonchev–Trinajstić information content (AvgIpc) is 2.73. The molecule has 0 fully saturated rings. The van der Waals surface area contributed by atoms with Crippen LogP contribution in [0.15, 0.2) is 30.5 Å². The van der Waals surface area contributed by atoms with Crippen LogP contribution < -0.4 is 5.32 Å². The predicted octanol–water partition coefficient (Wildman–Crippen LogP) is 1.93. The number of likely N-dealkylation sites (N-methyl/N-ethyl adjacent to an activating group) is 1. The van der Waals surface area contributed by atoms with E-state index in [0.29, 0.717) is 6.54 Å². The molecule has 1 N–H and O–H groups in total. The van der Waals surface area contributed by atoms with Gasteiger partial charge in [-0.3, -0.25) is 10.00 Å². The fourth-order valence-corrected chi connectivity index (χ4v) is 1.97. The van der Waals surface area contributed by atoms with Crippen molar-refractivity contribution in [3.05, 3.63) is 30.5 Å². The normalized spacial score (nSPS) is 14.4. The summed E-state index contributed by atoms with van der Waals surface area (Å²) >= 11 is 0. The van der Waals surface area contributed by atoms with Crippen molar-refractivity contribution in [2.45, 2.75) is 25.9 Å². The Kier molecular flexibility index (Phi) is 3.12. The molecule has 0 bridgehead atoms. The van der Waals surface area contributed by atoms with Crippen molar-refractivity contribution >= 4 is 10.9 Å². The van der Waals surface area contributed by atoms with Gasteiger partial charge in [0.2, 0.25) is 0 Å². The molecule has 4 heteroatoms. The second kappa shape index (κ2) is 4.56. The van der Waals surface area contributed by atoms with Gasteiger partial charge in [-0.05, 0) is 19.5 Å². The molecule has 4 nitrogen and oxygen atoms in total. The van der Waals surface area contributed by atoms with Gasteiger partial charge < -0.3 is 0 Å². The molecule has 0 aliphatic heterocycles. The topological polar surface area (TPSA) is 53.6 Å². The molecule has 0 saturated heterocycles. The Labute approximate surface area is 101 Å². The Morgan fingerprint density at radius 1 is 1.47 bits per heavy atom. The zero-order chi connectivity index (χ0) is 12.3. The molecule has 2 aromatic rings. The molecule has 1 heterocycles. The van der Waals surface area contributed by atoms with E-state index in [2.05, 4.69) is 16.5 Å². The second-order valence-corrected chi connectivity index (χ2v) is 4.34. The smallest absolute Gasteiger partial charge is 0.123 e. The quantitative estimate of drug-likeness (QED) is 0.870. The zero-order valence-corrected chi connectivity index (χ0v) is 10.1. The fraction of sp³-hybridized carbons (Fsp3) is 0.385. The summed E-state index contributed by atoms with van der Waals surface area (Å²) in [4.78, 5) is 0. The minimum Gasteiger partial charge on any atom is -0.298 e. The van der Waals surface area contributed by atoms with Gasteiger partial charge in [0.1, 0.15) is 5.54 Å². The Morgan fingerprint density at radius 3 is 2.94 bits per heavy atom. The van der Waals surface area contributed by atoms with E-state index >= 15 is 0 Å². The summed E-state index contributed by atoms with van der Waals surface area (Å²) in [6, 6.07) is 10.3. The molecular formula is C13H16N4. The van der Waals surface area contributed by atoms with Crippen LogP contribution in [0.5, 0.6) is 0 Å². The van der Waals surface area contributed by atoms with E-state index in [-0.39, 0.29) is 0 Å². The Bertz CT molecular complexity index is 552. The van der Waals surface area contributed by atoms with Crippen molar-refractivity contribution in [3.63, 3.8) is 0 Å². The van der Waals surface area contributed by atoms with Crippen LogP contribution in [0.3, 0.4) is 0 Å². The number of benzene rings is 1. The first-order valence-corrected chi connectivity index (χ1v) is 5.75. The van der Waals surface area contributed by atoms with Gasteiger partial charge in [-0.2, -0.15) is 10.4 Å². The van der Waals surface area contributed by atoms with Gasteiger partial charge in [0, 0.05) is 5.39 Å². The summed E-state index contributed by atoms with van der Waals surface area (Å²) in [6.07, 6.45) is 1.83. The SMILES string of the molecule is CCNC(C)(C#N)Cn1ncc2ccccc21. The first kappa shape index (κ1) is 11.6. The van der Waals surface area contributed by atoms with Gasteiger partial charge in [-0.25, -0.2) is 0 Å². The summed E-state index contributed by atoms with van der Waals surface area (Å²) in [7, 11) is 0. The van der Waals surface area contributed by atoms with Crippen molar-refractivity contribution in [2.24, 2.45) is 0 Å². The zero-order valence-electron chi connectivity index (χ0n) is 10.1. The lowest BCUT2D eigenvalue weighted by Gasteiger charge is -2.22. The molecule has 0 amide bonds. The molecule has 0 radical (unpaired) electrons. The van der Waals surface area contributed by atoms with Crippen molar-refractivity contribution in [1.29, 1.82) is 5.26 Å². The number of aromatic nitrogens is 2. The van der Waals surface area contributed by atoms with Crippen molar-refractivity contribution < 1.29 is 0 Å². The van der Waals surface area contributed by atoms with Crippen LogP contribution in [0.4, 0.5) is 0 Å². The molecule has 1 atom stereocenters. The third kappa shape index (κ3) is 2.29. The number of rotatable bonds is 4. The van der Waals surface area contributed by atoms with Gasteiger partial charge in [0.25, 0.3) is 0 Å². The lowest BCUT2D eigenvalue weighted by molar-refractivity contribution is 0.384. The van der Waals surface area contributed by atoms with Crippen LogP contribution in [0, 0.1) is 11.3 Å². The van der Waals surface area contributed by atoms with E-state index < -0.39 is 5.54 Å². The lowest BCUT2D eigenvalue weighted by atomic mass is 10.1. The Morgan fingerprint density at radius 2 is 2.24 bits per heavy atom. The highest BCUT2D eigenvalue weighted by molar-refractivity contribution is 5.78. The van der Waals surface area contributed by atoms with E-state index in [9.17, 15) is 5.26 Å². The van der Waals surface area contributed by atoms with E-state index in [4.69, 9.17) is 0 Å². The number of hydrogen-bond donors (Lipinski definition) is 1. The maximum absolute atomic E-state index is 9.23. The maximum Gasteiger partial charge on any atom is 0.123 e. The molecule has 1 unspecified atom stereocenters. The summed E-state index contributed by atoms with van der Waals surface area (Å²) in [5.74, 6) is 0. The van der Waals surface area contributed by atoms with Crippen LogP contribution >= 0.6 is 0 Å². The van der Waals surface area contributed by atoms with Crippen LogP contribution in [-0.2, 0) is 6.54 Å². The molecule has 2 rings (SSSR count). The highest BCUT2D eigenvalue weighted by atomic mass is 15.3. The number of para-hydroxylation sites is 1. The van der Waals surface area contributed by atoms with E-state index in [1.807, 2.05) is 49.0 Å². The number of nitrogens with one attached hydrogen (secondary N) is 1. The monoisotopic (exact) mass is 228 g/mol. The molecular weight excluding hydrogens is 212 g/mol. The highest BCUT2D eigenvalue weighted by Gasteiger charge is 2.24. The maximum atomic E-state index is 9.23. The highest BCUT2D eigenvalue weighted by Crippen LogP contribution is 2.15. The third-order valence-electron chi connectivity index (χ3n) is 2.83. The van der Waals surface area contributed by atoms with Crippen LogP contribution in [-0.4, -0.2) is 21.9 Å². The van der Waals surface area contributed by atoms with Crippen molar-refractivity contribution in [2.75, 3.05) is 6.54 Å². The van der Waals surface area contributed by atoms with Gasteiger partial charge in [-0.15, -0.1) is 0 Å². The first-order valence-electron chi connectivity index (χ1n) is 5.75. The Balaban J connectivity index is 2.32. The second-order valence-electron chi connectivity index (χ2n) is 4.34. The number of nitrogens with zero attached hydrogens (tertiary/aromatic N) is 3. The standard InChI is InChI=1S/C13H16N4/c1-3-15-13(2,9-14)10-17-12-7-5-4-6-11(12)8-16-17/h4-8,15H,3,10H2,1-2H3. The summed E-state index contributed by atoms with van der Waals surface area (Å²) in [5, 5.41) is 17.9. The van der Waals surface area contributed by atoms with Crippen LogP contribution in [0.2, 0.25) is 0 Å².